The molecule has 26 heteroatoms. The maximum atomic E-state index is 13.8. The molecule has 0 spiro atoms. The first-order chi connectivity index (χ1) is 47.7. The number of unbranched alkanes of at least 4 members (excludes halogenated alkanes) is 2. The van der Waals surface area contributed by atoms with E-state index in [9.17, 15) is 48.3 Å². The number of imide groups is 1. The van der Waals surface area contributed by atoms with Crippen molar-refractivity contribution in [1.29, 1.82) is 0 Å². The van der Waals surface area contributed by atoms with Crippen molar-refractivity contribution >= 4 is 103 Å². The van der Waals surface area contributed by atoms with Crippen LogP contribution < -0.4 is 27.0 Å². The van der Waals surface area contributed by atoms with Crippen LogP contribution in [0.15, 0.2) is 97.5 Å². The Morgan fingerprint density at radius 1 is 0.850 bits per heavy atom. The summed E-state index contributed by atoms with van der Waals surface area (Å²) in [6, 6.07) is 21.0. The van der Waals surface area contributed by atoms with E-state index in [1.54, 1.807) is 76.1 Å². The zero-order chi connectivity index (χ0) is 71.3. The number of ketones is 1. The van der Waals surface area contributed by atoms with Gasteiger partial charge >= 0.3 is 18.1 Å². The first-order valence-corrected chi connectivity index (χ1v) is 36.3. The summed E-state index contributed by atoms with van der Waals surface area (Å²) in [5.41, 5.74) is 9.97. The van der Waals surface area contributed by atoms with E-state index in [4.69, 9.17) is 25.3 Å². The molecule has 528 valence electrons. The topological polar surface area (TPSA) is 329 Å². The summed E-state index contributed by atoms with van der Waals surface area (Å²) < 4.78 is 15.8. The predicted molar refractivity (Wildman–Crippen MR) is 381 cm³/mol. The molecule has 4 aromatic heterocycles. The Morgan fingerprint density at radius 3 is 2.32 bits per heavy atom. The molecule has 3 unspecified atom stereocenters. The maximum Gasteiger partial charge on any atom is 0.409 e. The highest BCUT2D eigenvalue weighted by molar-refractivity contribution is 8.00. The summed E-state index contributed by atoms with van der Waals surface area (Å²) in [6.45, 7) is 11.8. The second-order valence-corrected chi connectivity index (χ2v) is 30.9. The van der Waals surface area contributed by atoms with Gasteiger partial charge < -0.3 is 46.5 Å². The van der Waals surface area contributed by atoms with Gasteiger partial charge in [-0.25, -0.2) is 24.4 Å². The molecule has 5 heterocycles. The number of para-hydroxylation sites is 1. The molecule has 24 nitrogen and oxygen atoms in total. The van der Waals surface area contributed by atoms with Crippen LogP contribution in [-0.2, 0) is 53.0 Å². The number of nitrogens with zero attached hydrogens (tertiary/aromatic N) is 7. The third-order valence-corrected chi connectivity index (χ3v) is 22.0. The first-order valence-electron chi connectivity index (χ1n) is 34.2. The summed E-state index contributed by atoms with van der Waals surface area (Å²) in [6.07, 6.45) is 14.4. The summed E-state index contributed by atoms with van der Waals surface area (Å²) in [5.74, 6) is -3.46. The number of thioether (sulfide) groups is 1. The van der Waals surface area contributed by atoms with Crippen LogP contribution in [-0.4, -0.2) is 156 Å². The Morgan fingerprint density at radius 2 is 1.61 bits per heavy atom. The van der Waals surface area contributed by atoms with Gasteiger partial charge in [0, 0.05) is 97.5 Å². The van der Waals surface area contributed by atoms with E-state index in [2.05, 4.69) is 45.1 Å². The van der Waals surface area contributed by atoms with Crippen LogP contribution in [0.1, 0.15) is 148 Å². The van der Waals surface area contributed by atoms with E-state index in [0.29, 0.717) is 95.0 Å². The number of carboxylic acid groups (broad SMARTS) is 1. The fourth-order valence-electron chi connectivity index (χ4n) is 16.4. The lowest BCUT2D eigenvalue weighted by Crippen LogP contribution is -2.64. The molecule has 3 aromatic carbocycles. The third-order valence-electron chi connectivity index (χ3n) is 20.0. The molecule has 100 heavy (non-hydrogen) atoms. The molecule has 5 fully saturated rings. The number of nitrogens with one attached hydrogen (secondary N) is 4. The summed E-state index contributed by atoms with van der Waals surface area (Å²) >= 11 is 2.85. The van der Waals surface area contributed by atoms with Gasteiger partial charge in [-0.2, -0.15) is 16.9 Å². The molecule has 0 radical (unpaired) electrons. The molecule has 7 N–H and O–H groups in total. The fourth-order valence-corrected chi connectivity index (χ4v) is 18.0. The summed E-state index contributed by atoms with van der Waals surface area (Å²) in [5, 5.41) is 28.4. The van der Waals surface area contributed by atoms with Crippen LogP contribution in [0.5, 0.6) is 0 Å². The lowest BCUT2D eigenvalue weighted by atomic mass is 9.39. The van der Waals surface area contributed by atoms with Crippen LogP contribution in [0.4, 0.5) is 15.3 Å². The Kier molecular flexibility index (Phi) is 21.9. The number of rotatable bonds is 31. The van der Waals surface area contributed by atoms with Gasteiger partial charge in [-0.15, -0.1) is 11.3 Å². The first kappa shape index (κ1) is 72.1. The molecule has 12 rings (SSSR count). The Hall–Kier alpha value is -9.14. The number of urea groups is 1. The number of pyridine rings is 2. The quantitative estimate of drug-likeness (QED) is 0.0134. The number of anilines is 1. The normalized spacial score (nSPS) is 21.3. The predicted octanol–water partition coefficient (Wildman–Crippen LogP) is 10.7. The molecule has 4 bridgehead atoms. The third kappa shape index (κ3) is 16.7. The van der Waals surface area contributed by atoms with E-state index >= 15 is 0 Å². The lowest BCUT2D eigenvalue weighted by Gasteiger charge is -2.69. The number of likely N-dealkylation sites (tertiary alicyclic amines) is 1. The minimum Gasteiger partial charge on any atom is -0.476 e. The highest BCUT2D eigenvalue weighted by Crippen LogP contribution is 2.72. The number of aromatic nitrogens is 5. The van der Waals surface area contributed by atoms with Crippen molar-refractivity contribution in [3.8, 4) is 22.4 Å². The van der Waals surface area contributed by atoms with Gasteiger partial charge in [0.1, 0.15) is 23.7 Å². The fraction of sp³-hybridized carbons (Fsp3) is 0.473. The molecule has 4 aliphatic carbocycles. The Labute approximate surface area is 589 Å². The lowest BCUT2D eigenvalue weighted by molar-refractivity contribution is -0.248. The number of fused-ring (bicyclic) bond motifs is 2. The average Bonchev–Trinajstić information content (AvgIpc) is 0.754. The standard InChI is InChI=1S/C74H88N12O12S2/c1-44(2)63(83-60(88)17-9-8-12-27-85-62(89)32-59(99-7)67(85)92)66(91)82-56(15-13-26-77-69(75)95)65(90)79-49-22-18-46(19-23-49)36-97-70(96)84(6)28-29-98-74-40-71(4)37-72(5,41-74)39-73(38-71,42-74)43-86-45(3)52(35-78-86)50-24-25-54(81-64(50)68(93)94)47-20-21-48-33-76-34-53(51(48)30-47)57(87)31-61-80-55-14-10-11-16-58(55)100-61/h10-11,14,16,18-25,30,33-35,44,56,59,63H,8-9,12-13,15,17,26-29,31-32,36-43H2,1-7H3,(H,79,90)(H,82,91)(H,83,88)(H,93,94)(H3,75,77,95)/t56-,59?,63-,71?,72?,73?,74?/m0/s1. The average molecular weight is 1400 g/mol. The number of hydrogen-bond acceptors (Lipinski definition) is 17. The van der Waals surface area contributed by atoms with Crippen LogP contribution in [0.25, 0.3) is 43.4 Å². The van der Waals surface area contributed by atoms with Gasteiger partial charge in [-0.3, -0.25) is 43.3 Å². The van der Waals surface area contributed by atoms with Gasteiger partial charge in [-0.1, -0.05) is 70.5 Å². The maximum absolute atomic E-state index is 13.8. The number of carbonyl (C=O) groups excluding carboxylic acids is 8. The zero-order valence-corrected chi connectivity index (χ0v) is 59.3. The molecule has 1 saturated heterocycles. The molecule has 1 aliphatic heterocycles. The van der Waals surface area contributed by atoms with Crippen molar-refractivity contribution in [2.75, 3.05) is 44.9 Å². The van der Waals surface area contributed by atoms with Gasteiger partial charge in [0.25, 0.3) is 0 Å². The molecular formula is C74H88N12O12S2. The highest BCUT2D eigenvalue weighted by atomic mass is 32.2. The van der Waals surface area contributed by atoms with Crippen LogP contribution in [0, 0.1) is 29.1 Å². The monoisotopic (exact) mass is 1400 g/mol. The molecular weight excluding hydrogens is 1310 g/mol. The van der Waals surface area contributed by atoms with Crippen molar-refractivity contribution in [3.63, 3.8) is 0 Å². The minimum atomic E-state index is -1.18. The van der Waals surface area contributed by atoms with E-state index in [1.807, 2.05) is 60.1 Å². The van der Waals surface area contributed by atoms with Crippen molar-refractivity contribution in [1.82, 2.24) is 50.5 Å². The number of likely N-dealkylation sites (N-methyl/N-ethyl adjacent to an activating group) is 1. The van der Waals surface area contributed by atoms with Gasteiger partial charge in [-0.05, 0) is 153 Å². The van der Waals surface area contributed by atoms with Gasteiger partial charge in [0.05, 0.1) is 46.0 Å². The number of thiazole rings is 1. The smallest absolute Gasteiger partial charge is 0.409 e. The van der Waals surface area contributed by atoms with Gasteiger partial charge in [0.15, 0.2) is 11.5 Å². The highest BCUT2D eigenvalue weighted by Gasteiger charge is 2.66. The number of ether oxygens (including phenoxy) is 2. The Bertz CT molecular complexity index is 4240. The van der Waals surface area contributed by atoms with E-state index in [1.165, 1.54) is 32.9 Å². The second-order valence-electron chi connectivity index (χ2n) is 28.8. The van der Waals surface area contributed by atoms with E-state index < -0.39 is 47.6 Å². The summed E-state index contributed by atoms with van der Waals surface area (Å²) in [4.78, 5) is 134. The Balaban J connectivity index is 0.668. The van der Waals surface area contributed by atoms with Crippen molar-refractivity contribution < 1.29 is 57.7 Å². The number of aromatic carboxylic acids is 1. The van der Waals surface area contributed by atoms with E-state index in [-0.39, 0.29) is 102 Å². The van der Waals surface area contributed by atoms with Crippen molar-refractivity contribution in [2.24, 2.45) is 27.9 Å². The number of carboxylic acids is 1. The number of nitrogens with two attached hydrogens (primary N) is 1. The molecule has 8 amide bonds. The van der Waals surface area contributed by atoms with Crippen LogP contribution >= 0.6 is 23.1 Å². The largest absolute Gasteiger partial charge is 0.476 e. The zero-order valence-electron chi connectivity index (χ0n) is 57.7. The SMILES string of the molecule is CSC1CC(=O)N(CCCCCC(=O)N[C@H](C(=O)N[C@@H](CCCNC(N)=O)C(=O)Nc2ccc(COC(=O)N(C)CCOC34CC5(C)CC(C)(CC(Cn6ncc(-c7ccc(-c8ccc9cncc(C(=O)Cc%10nc%11ccccc%11s%10)c9c8)nc7C(=O)O)c6C)(C5)C3)C4)cc2)C(C)C)C1=O. The number of amides is 8. The molecule has 4 saturated carbocycles. The number of primary amides is 1. The molecule has 5 atom stereocenters. The van der Waals surface area contributed by atoms with Crippen molar-refractivity contribution in [3.05, 3.63) is 125 Å². The minimum absolute atomic E-state index is 0.00161. The van der Waals surface area contributed by atoms with Crippen molar-refractivity contribution in [2.45, 2.75) is 161 Å². The summed E-state index contributed by atoms with van der Waals surface area (Å²) in [7, 11) is 1.67. The van der Waals surface area contributed by atoms with E-state index in [0.717, 1.165) is 59.8 Å². The van der Waals surface area contributed by atoms with Gasteiger partial charge in [0.2, 0.25) is 29.5 Å². The number of carbonyl (C=O) groups is 9. The molecule has 5 aliphatic rings. The van der Waals surface area contributed by atoms with Crippen LogP contribution in [0.2, 0.25) is 0 Å². The second kappa shape index (κ2) is 30.4. The van der Waals surface area contributed by atoms with Crippen LogP contribution in [0.3, 0.4) is 0 Å². The number of Topliss-reactive ketones (excluding diaryl/α,β-unsaturated/α-hetero) is 1. The molecule has 7 aromatic rings. The number of hydrogen-bond donors (Lipinski definition) is 6. The number of benzene rings is 3.